The summed E-state index contributed by atoms with van der Waals surface area (Å²) < 4.78 is 40.4. The van der Waals surface area contributed by atoms with E-state index in [9.17, 15) is 18.0 Å². The van der Waals surface area contributed by atoms with E-state index >= 15 is 0 Å². The van der Waals surface area contributed by atoms with Gasteiger partial charge in [0.05, 0.1) is 17.5 Å². The van der Waals surface area contributed by atoms with Gasteiger partial charge in [0.2, 0.25) is 0 Å². The van der Waals surface area contributed by atoms with E-state index in [4.69, 9.17) is 0 Å². The van der Waals surface area contributed by atoms with E-state index < -0.39 is 17.6 Å². The quantitative estimate of drug-likeness (QED) is 0.557. The molecule has 4 aromatic rings. The Bertz CT molecular complexity index is 1200. The maximum atomic E-state index is 13.0. The van der Waals surface area contributed by atoms with Crippen LogP contribution < -0.4 is 5.32 Å². The van der Waals surface area contributed by atoms with E-state index in [-0.39, 0.29) is 16.9 Å². The highest BCUT2D eigenvalue weighted by Gasteiger charge is 2.31. The van der Waals surface area contributed by atoms with Crippen molar-refractivity contribution in [2.24, 2.45) is 0 Å². The third kappa shape index (κ3) is 3.54. The molecule has 9 heteroatoms. The van der Waals surface area contributed by atoms with Crippen molar-refractivity contribution in [2.45, 2.75) is 13.1 Å². The summed E-state index contributed by atoms with van der Waals surface area (Å²) in [7, 11) is 0. The van der Waals surface area contributed by atoms with Crippen LogP contribution in [0.25, 0.3) is 16.9 Å². The van der Waals surface area contributed by atoms with Crippen molar-refractivity contribution in [3.63, 3.8) is 0 Å². The average molecular weight is 397 g/mol. The minimum atomic E-state index is -4.50. The van der Waals surface area contributed by atoms with E-state index in [0.717, 1.165) is 17.7 Å². The minimum absolute atomic E-state index is 0.0765. The number of hydrogen-bond acceptors (Lipinski definition) is 4. The predicted octanol–water partition coefficient (Wildman–Crippen LogP) is 4.37. The number of hydrogen-bond donors (Lipinski definition) is 1. The van der Waals surface area contributed by atoms with Crippen LogP contribution >= 0.6 is 0 Å². The van der Waals surface area contributed by atoms with Crippen molar-refractivity contribution < 1.29 is 18.0 Å². The average Bonchev–Trinajstić information content (AvgIpc) is 3.14. The summed E-state index contributed by atoms with van der Waals surface area (Å²) in [4.78, 5) is 21.0. The number of benzene rings is 1. The van der Waals surface area contributed by atoms with Crippen molar-refractivity contribution in [1.29, 1.82) is 0 Å². The highest BCUT2D eigenvalue weighted by Crippen LogP contribution is 2.32. The molecule has 1 amide bonds. The molecule has 0 aliphatic carbocycles. The van der Waals surface area contributed by atoms with Crippen LogP contribution in [0, 0.1) is 6.92 Å². The van der Waals surface area contributed by atoms with Crippen molar-refractivity contribution >= 4 is 17.2 Å². The van der Waals surface area contributed by atoms with Crippen LogP contribution in [0.1, 0.15) is 21.5 Å². The van der Waals surface area contributed by atoms with E-state index in [1.165, 1.54) is 23.0 Å². The third-order valence-electron chi connectivity index (χ3n) is 4.42. The standard InChI is InChI=1S/C20H14F3N5O/c1-12-4-5-14(20(21,22)23)9-16(12)27-19(29)15-11-26-28-17(6-8-25-18(15)28)13-3-2-7-24-10-13/h2-11H,1H3,(H,27,29). The van der Waals surface area contributed by atoms with E-state index in [0.29, 0.717) is 11.3 Å². The number of carbonyl (C=O) groups excluding carboxylic acids is 1. The van der Waals surface area contributed by atoms with Gasteiger partial charge in [0.15, 0.2) is 5.65 Å². The summed E-state index contributed by atoms with van der Waals surface area (Å²) in [6, 6.07) is 8.54. The second-order valence-corrected chi connectivity index (χ2v) is 6.35. The largest absolute Gasteiger partial charge is 0.416 e. The highest BCUT2D eigenvalue weighted by molar-refractivity contribution is 6.08. The first-order chi connectivity index (χ1) is 13.8. The van der Waals surface area contributed by atoms with Crippen molar-refractivity contribution in [3.05, 3.63) is 77.9 Å². The van der Waals surface area contributed by atoms with E-state index in [1.807, 2.05) is 6.07 Å². The fraction of sp³-hybridized carbons (Fsp3) is 0.100. The van der Waals surface area contributed by atoms with E-state index in [2.05, 4.69) is 20.4 Å². The first-order valence-electron chi connectivity index (χ1n) is 8.57. The molecule has 0 saturated heterocycles. The number of pyridine rings is 1. The fourth-order valence-corrected chi connectivity index (χ4v) is 2.91. The Balaban J connectivity index is 1.71. The smallest absolute Gasteiger partial charge is 0.322 e. The molecule has 0 spiro atoms. The topological polar surface area (TPSA) is 72.2 Å². The van der Waals surface area contributed by atoms with Crippen LogP contribution in [0.4, 0.5) is 18.9 Å². The molecule has 146 valence electrons. The number of rotatable bonds is 3. The molecule has 0 bridgehead atoms. The number of aromatic nitrogens is 4. The zero-order valence-corrected chi connectivity index (χ0v) is 15.1. The SMILES string of the molecule is Cc1ccc(C(F)(F)F)cc1NC(=O)c1cnn2c(-c3cccnc3)ccnc12. The number of aryl methyl sites for hydroxylation is 1. The second-order valence-electron chi connectivity index (χ2n) is 6.35. The van der Waals surface area contributed by atoms with Gasteiger partial charge in [-0.25, -0.2) is 9.50 Å². The van der Waals surface area contributed by atoms with Gasteiger partial charge >= 0.3 is 6.18 Å². The zero-order valence-electron chi connectivity index (χ0n) is 15.1. The molecular weight excluding hydrogens is 383 g/mol. The van der Waals surface area contributed by atoms with Gasteiger partial charge in [-0.2, -0.15) is 18.3 Å². The number of halogens is 3. The Labute approximate surface area is 163 Å². The number of fused-ring (bicyclic) bond motifs is 1. The lowest BCUT2D eigenvalue weighted by atomic mass is 10.1. The van der Waals surface area contributed by atoms with Crippen molar-refractivity contribution in [3.8, 4) is 11.3 Å². The second kappa shape index (κ2) is 7.01. The summed E-state index contributed by atoms with van der Waals surface area (Å²) >= 11 is 0. The maximum Gasteiger partial charge on any atom is 0.416 e. The van der Waals surface area contributed by atoms with Crippen LogP contribution in [0.2, 0.25) is 0 Å². The van der Waals surface area contributed by atoms with Crippen LogP contribution in [0.3, 0.4) is 0 Å². The molecule has 29 heavy (non-hydrogen) atoms. The number of alkyl halides is 3. The molecule has 4 rings (SSSR count). The van der Waals surface area contributed by atoms with Gasteiger partial charge in [-0.15, -0.1) is 0 Å². The number of nitrogens with one attached hydrogen (secondary N) is 1. The van der Waals surface area contributed by atoms with Gasteiger partial charge in [-0.1, -0.05) is 6.07 Å². The summed E-state index contributed by atoms with van der Waals surface area (Å²) in [6.07, 6.45) is 1.66. The Morgan fingerprint density at radius 3 is 2.66 bits per heavy atom. The lowest BCUT2D eigenvalue weighted by molar-refractivity contribution is -0.137. The molecule has 3 aromatic heterocycles. The van der Waals surface area contributed by atoms with Gasteiger partial charge in [-0.05, 0) is 42.8 Å². The van der Waals surface area contributed by atoms with Gasteiger partial charge in [0.1, 0.15) is 5.56 Å². The summed E-state index contributed by atoms with van der Waals surface area (Å²) in [5.74, 6) is -0.599. The van der Waals surface area contributed by atoms with Gasteiger partial charge in [0, 0.05) is 29.8 Å². The van der Waals surface area contributed by atoms with E-state index in [1.54, 1.807) is 31.5 Å². The first kappa shape index (κ1) is 18.6. The van der Waals surface area contributed by atoms with Crippen LogP contribution in [-0.4, -0.2) is 25.5 Å². The van der Waals surface area contributed by atoms with Crippen molar-refractivity contribution in [1.82, 2.24) is 19.6 Å². The lowest BCUT2D eigenvalue weighted by Crippen LogP contribution is -2.14. The Kier molecular flexibility index (Phi) is 4.50. The molecule has 6 nitrogen and oxygen atoms in total. The number of amides is 1. The summed E-state index contributed by atoms with van der Waals surface area (Å²) in [6.45, 7) is 1.62. The van der Waals surface area contributed by atoms with Crippen LogP contribution in [0.15, 0.2) is 61.2 Å². The molecule has 0 unspecified atom stereocenters. The fourth-order valence-electron chi connectivity index (χ4n) is 2.91. The van der Waals surface area contributed by atoms with Crippen LogP contribution in [0.5, 0.6) is 0 Å². The number of anilines is 1. The highest BCUT2D eigenvalue weighted by atomic mass is 19.4. The van der Waals surface area contributed by atoms with Crippen molar-refractivity contribution in [2.75, 3.05) is 5.32 Å². The van der Waals surface area contributed by atoms with Crippen LogP contribution in [-0.2, 0) is 6.18 Å². The number of nitrogens with zero attached hydrogens (tertiary/aromatic N) is 4. The Morgan fingerprint density at radius 1 is 1.10 bits per heavy atom. The molecule has 3 heterocycles. The summed E-state index contributed by atoms with van der Waals surface area (Å²) in [5.41, 5.74) is 1.64. The molecular formula is C20H14F3N5O. The first-order valence-corrected chi connectivity index (χ1v) is 8.57. The molecule has 0 radical (unpaired) electrons. The minimum Gasteiger partial charge on any atom is -0.322 e. The molecule has 0 aliphatic heterocycles. The molecule has 0 fully saturated rings. The third-order valence-corrected chi connectivity index (χ3v) is 4.42. The molecule has 1 N–H and O–H groups in total. The van der Waals surface area contributed by atoms with Gasteiger partial charge in [0.25, 0.3) is 5.91 Å². The molecule has 0 saturated carbocycles. The summed E-state index contributed by atoms with van der Waals surface area (Å²) in [5, 5.41) is 6.75. The molecule has 0 atom stereocenters. The normalized spacial score (nSPS) is 11.6. The molecule has 0 aliphatic rings. The van der Waals surface area contributed by atoms with Gasteiger partial charge < -0.3 is 5.32 Å². The monoisotopic (exact) mass is 397 g/mol. The number of carbonyl (C=O) groups is 1. The lowest BCUT2D eigenvalue weighted by Gasteiger charge is -2.12. The Morgan fingerprint density at radius 2 is 1.93 bits per heavy atom. The molecule has 1 aromatic carbocycles. The predicted molar refractivity (Wildman–Crippen MR) is 100 cm³/mol. The maximum absolute atomic E-state index is 13.0. The Hall–Kier alpha value is -3.75. The van der Waals surface area contributed by atoms with Gasteiger partial charge in [-0.3, -0.25) is 9.78 Å². The zero-order chi connectivity index (χ0) is 20.6.